The lowest BCUT2D eigenvalue weighted by Gasteiger charge is -2.47. The van der Waals surface area contributed by atoms with Crippen molar-refractivity contribution in [3.8, 4) is 0 Å². The van der Waals surface area contributed by atoms with Crippen molar-refractivity contribution >= 4 is 66.4 Å². The summed E-state index contributed by atoms with van der Waals surface area (Å²) in [6.45, 7) is 0. The van der Waals surface area contributed by atoms with Gasteiger partial charge in [-0.3, -0.25) is 18.9 Å². The molecule has 0 radical (unpaired) electrons. The Kier molecular flexibility index (Phi) is 3.84. The maximum absolute atomic E-state index is 2.60. The summed E-state index contributed by atoms with van der Waals surface area (Å²) in [5, 5.41) is 5.08. The number of benzene rings is 6. The summed E-state index contributed by atoms with van der Waals surface area (Å²) >= 11 is 0. The van der Waals surface area contributed by atoms with E-state index >= 15 is 0 Å². The molecule has 41 heavy (non-hydrogen) atoms. The molecular formula is C37H24N4. The van der Waals surface area contributed by atoms with Crippen LogP contribution in [-0.4, -0.2) is 9.13 Å². The molecule has 4 heterocycles. The van der Waals surface area contributed by atoms with Gasteiger partial charge in [-0.2, -0.15) is 0 Å². The summed E-state index contributed by atoms with van der Waals surface area (Å²) < 4.78 is 5.19. The zero-order chi connectivity index (χ0) is 26.7. The van der Waals surface area contributed by atoms with Crippen molar-refractivity contribution in [3.05, 3.63) is 146 Å². The topological polar surface area (TPSA) is 16.3 Å². The second kappa shape index (κ2) is 7.38. The molecule has 0 atom stereocenters. The van der Waals surface area contributed by atoms with E-state index in [2.05, 4.69) is 165 Å². The number of hydrogen-bond acceptors (Lipinski definition) is 2. The fraction of sp³-hybridized carbons (Fsp3) is 0.0270. The highest BCUT2D eigenvalue weighted by Gasteiger charge is 2.59. The molecule has 2 aromatic heterocycles. The van der Waals surface area contributed by atoms with Gasteiger partial charge in [0, 0.05) is 32.9 Å². The van der Waals surface area contributed by atoms with Gasteiger partial charge in [-0.15, -0.1) is 0 Å². The molecule has 4 heteroatoms. The van der Waals surface area contributed by atoms with Gasteiger partial charge in [-0.05, 0) is 48.5 Å². The molecule has 0 bridgehead atoms. The maximum atomic E-state index is 2.60. The summed E-state index contributed by atoms with van der Waals surface area (Å²) in [4.78, 5) is 5.11. The Bertz CT molecular complexity index is 2160. The number of rotatable bonds is 2. The smallest absolute Gasteiger partial charge is 0.280 e. The third kappa shape index (κ3) is 2.35. The molecule has 8 aromatic rings. The van der Waals surface area contributed by atoms with Crippen LogP contribution in [0.5, 0.6) is 0 Å². The van der Waals surface area contributed by atoms with E-state index in [0.717, 1.165) is 11.4 Å². The summed E-state index contributed by atoms with van der Waals surface area (Å²) in [6.07, 6.45) is 0. The Morgan fingerprint density at radius 1 is 0.341 bits per heavy atom. The van der Waals surface area contributed by atoms with E-state index < -0.39 is 5.91 Å². The Labute approximate surface area is 236 Å². The molecule has 2 aliphatic rings. The van der Waals surface area contributed by atoms with Crippen LogP contribution in [0, 0.1) is 0 Å². The third-order valence-electron chi connectivity index (χ3n) is 9.06. The summed E-state index contributed by atoms with van der Waals surface area (Å²) in [5.41, 5.74) is 9.62. The predicted molar refractivity (Wildman–Crippen MR) is 169 cm³/mol. The van der Waals surface area contributed by atoms with Gasteiger partial charge in [-0.25, -0.2) is 0 Å². The normalized spacial score (nSPS) is 14.9. The van der Waals surface area contributed by atoms with E-state index in [1.54, 1.807) is 0 Å². The van der Waals surface area contributed by atoms with Gasteiger partial charge in [0.1, 0.15) is 0 Å². The lowest BCUT2D eigenvalue weighted by atomic mass is 10.1. The highest BCUT2D eigenvalue weighted by atomic mass is 15.7. The Hall–Kier alpha value is -5.48. The molecule has 1 spiro atoms. The van der Waals surface area contributed by atoms with Crippen molar-refractivity contribution in [2.24, 2.45) is 0 Å². The first kappa shape index (κ1) is 21.4. The van der Waals surface area contributed by atoms with Crippen molar-refractivity contribution in [2.45, 2.75) is 5.91 Å². The Morgan fingerprint density at radius 2 is 0.732 bits per heavy atom. The highest BCUT2D eigenvalue weighted by molar-refractivity contribution is 6.19. The second-order valence-corrected chi connectivity index (χ2v) is 11.0. The molecule has 0 saturated carbocycles. The molecule has 10 rings (SSSR count). The van der Waals surface area contributed by atoms with E-state index in [0.29, 0.717) is 0 Å². The molecule has 2 aliphatic heterocycles. The van der Waals surface area contributed by atoms with Gasteiger partial charge in [0.05, 0.1) is 33.4 Å². The molecule has 192 valence electrons. The first-order chi connectivity index (χ1) is 20.4. The van der Waals surface area contributed by atoms with Crippen molar-refractivity contribution < 1.29 is 0 Å². The van der Waals surface area contributed by atoms with Crippen LogP contribution < -0.4 is 9.80 Å². The van der Waals surface area contributed by atoms with Crippen LogP contribution in [0.2, 0.25) is 0 Å². The summed E-state index contributed by atoms with van der Waals surface area (Å²) in [5.74, 6) is -0.793. The molecular weight excluding hydrogens is 500 g/mol. The van der Waals surface area contributed by atoms with Crippen LogP contribution in [0.4, 0.5) is 22.7 Å². The van der Waals surface area contributed by atoms with Crippen molar-refractivity contribution in [1.82, 2.24) is 9.13 Å². The van der Waals surface area contributed by atoms with Crippen LogP contribution >= 0.6 is 0 Å². The predicted octanol–water partition coefficient (Wildman–Crippen LogP) is 9.32. The fourth-order valence-electron chi connectivity index (χ4n) is 7.69. The highest BCUT2D eigenvalue weighted by Crippen LogP contribution is 2.61. The van der Waals surface area contributed by atoms with Gasteiger partial charge >= 0.3 is 0 Å². The number of anilines is 4. The maximum Gasteiger partial charge on any atom is 0.295 e. The average molecular weight is 525 g/mol. The molecule has 0 saturated heterocycles. The largest absolute Gasteiger partial charge is 0.295 e. The SMILES string of the molecule is c1ccc(N2c3cccc4c5ccccc5n(c34)C23N(c2ccccc2)c2cccc4c5ccccc5n3c24)cc1. The van der Waals surface area contributed by atoms with Crippen LogP contribution in [0.25, 0.3) is 43.6 Å². The lowest BCUT2D eigenvalue weighted by Crippen LogP contribution is -2.59. The zero-order valence-electron chi connectivity index (χ0n) is 22.1. The fourth-order valence-corrected chi connectivity index (χ4v) is 7.69. The van der Waals surface area contributed by atoms with Gasteiger partial charge in [0.25, 0.3) is 5.91 Å². The van der Waals surface area contributed by atoms with E-state index in [-0.39, 0.29) is 0 Å². The quantitative estimate of drug-likeness (QED) is 0.224. The number of aromatic nitrogens is 2. The molecule has 0 N–H and O–H groups in total. The van der Waals surface area contributed by atoms with Crippen LogP contribution in [0.15, 0.2) is 146 Å². The van der Waals surface area contributed by atoms with E-state index in [9.17, 15) is 0 Å². The van der Waals surface area contributed by atoms with Crippen molar-refractivity contribution in [2.75, 3.05) is 9.80 Å². The van der Waals surface area contributed by atoms with E-state index in [1.807, 2.05) is 0 Å². The standard InChI is InChI=1S/C37H24N4/c1-3-13-25(14-4-1)38-33-23-11-19-29-27-17-7-9-21-31(27)40(35(29)33)37(38)39(26-15-5-2-6-16-26)34-24-12-20-30-28-18-8-10-22-32(28)41(37)36(30)34/h1-24H. The number of nitrogens with zero attached hydrogens (tertiary/aromatic N) is 4. The number of hydrogen-bond donors (Lipinski definition) is 0. The molecule has 0 unspecified atom stereocenters. The molecule has 4 nitrogen and oxygen atoms in total. The van der Waals surface area contributed by atoms with Gasteiger partial charge in [-0.1, -0.05) is 97.1 Å². The minimum atomic E-state index is -0.793. The monoisotopic (exact) mass is 524 g/mol. The van der Waals surface area contributed by atoms with Gasteiger partial charge in [0.2, 0.25) is 0 Å². The van der Waals surface area contributed by atoms with Gasteiger partial charge in [0.15, 0.2) is 0 Å². The average Bonchev–Trinajstić information content (AvgIpc) is 3.74. The molecule has 0 aliphatic carbocycles. The summed E-state index contributed by atoms with van der Waals surface area (Å²) in [6, 6.07) is 53.0. The van der Waals surface area contributed by atoms with Crippen molar-refractivity contribution in [3.63, 3.8) is 0 Å². The third-order valence-corrected chi connectivity index (χ3v) is 9.06. The number of para-hydroxylation sites is 6. The van der Waals surface area contributed by atoms with Crippen LogP contribution in [-0.2, 0) is 5.91 Å². The van der Waals surface area contributed by atoms with E-state index in [4.69, 9.17) is 0 Å². The molecule has 6 aromatic carbocycles. The lowest BCUT2D eigenvalue weighted by molar-refractivity contribution is 0.302. The first-order valence-electron chi connectivity index (χ1n) is 14.1. The minimum Gasteiger partial charge on any atom is -0.280 e. The van der Waals surface area contributed by atoms with Crippen molar-refractivity contribution in [1.29, 1.82) is 0 Å². The Balaban J connectivity index is 1.51. The van der Waals surface area contributed by atoms with Crippen LogP contribution in [0.3, 0.4) is 0 Å². The Morgan fingerprint density at radius 3 is 1.20 bits per heavy atom. The molecule has 0 fully saturated rings. The minimum absolute atomic E-state index is 0.793. The zero-order valence-corrected chi connectivity index (χ0v) is 22.1. The van der Waals surface area contributed by atoms with Gasteiger partial charge < -0.3 is 0 Å². The molecule has 0 amide bonds. The number of fused-ring (bicyclic) bond motifs is 8. The first-order valence-corrected chi connectivity index (χ1v) is 14.1. The second-order valence-electron chi connectivity index (χ2n) is 11.0. The summed E-state index contributed by atoms with van der Waals surface area (Å²) in [7, 11) is 0. The van der Waals surface area contributed by atoms with Crippen LogP contribution in [0.1, 0.15) is 0 Å². The van der Waals surface area contributed by atoms with E-state index in [1.165, 1.54) is 55.0 Å².